The third kappa shape index (κ3) is 4.98. The van der Waals surface area contributed by atoms with Gasteiger partial charge in [0.2, 0.25) is 5.91 Å². The molecule has 0 radical (unpaired) electrons. The quantitative estimate of drug-likeness (QED) is 0.638. The van der Waals surface area contributed by atoms with Crippen LogP contribution in [-0.4, -0.2) is 10.9 Å². The summed E-state index contributed by atoms with van der Waals surface area (Å²) in [5, 5.41) is 2.59. The van der Waals surface area contributed by atoms with Crippen LogP contribution in [0.15, 0.2) is 67.0 Å². The first-order chi connectivity index (χ1) is 13.0. The van der Waals surface area contributed by atoms with Crippen molar-refractivity contribution in [2.75, 3.05) is 5.32 Å². The number of benzene rings is 2. The first-order valence-corrected chi connectivity index (χ1v) is 8.14. The van der Waals surface area contributed by atoms with Gasteiger partial charge in [0.25, 0.3) is 0 Å². The van der Waals surface area contributed by atoms with Crippen molar-refractivity contribution >= 4 is 17.7 Å². The topological polar surface area (TPSA) is 51.2 Å². The minimum absolute atomic E-state index is 0.0555. The Hall–Kier alpha value is -3.54. The van der Waals surface area contributed by atoms with Crippen LogP contribution in [0, 0.1) is 18.6 Å². The van der Waals surface area contributed by atoms with Gasteiger partial charge in [0.05, 0.1) is 6.20 Å². The van der Waals surface area contributed by atoms with Crippen LogP contribution in [0.5, 0.6) is 11.5 Å². The van der Waals surface area contributed by atoms with Crippen LogP contribution in [0.3, 0.4) is 0 Å². The van der Waals surface area contributed by atoms with E-state index < -0.39 is 17.5 Å². The third-order valence-corrected chi connectivity index (χ3v) is 3.70. The molecule has 1 aromatic heterocycles. The van der Waals surface area contributed by atoms with Crippen molar-refractivity contribution in [2.24, 2.45) is 0 Å². The maximum atomic E-state index is 14.2. The number of hydrogen-bond donors (Lipinski definition) is 1. The molecule has 0 aliphatic rings. The lowest BCUT2D eigenvalue weighted by Gasteiger charge is -2.07. The maximum absolute atomic E-state index is 14.2. The van der Waals surface area contributed by atoms with Crippen molar-refractivity contribution in [3.63, 3.8) is 0 Å². The molecule has 0 fully saturated rings. The predicted octanol–water partition coefficient (Wildman–Crippen LogP) is 5.11. The molecule has 4 nitrogen and oxygen atoms in total. The first-order valence-electron chi connectivity index (χ1n) is 8.14. The number of rotatable bonds is 5. The van der Waals surface area contributed by atoms with Crippen LogP contribution >= 0.6 is 0 Å². The molecule has 0 atom stereocenters. The van der Waals surface area contributed by atoms with Gasteiger partial charge in [-0.2, -0.15) is 0 Å². The number of pyridine rings is 1. The Morgan fingerprint density at radius 2 is 2.00 bits per heavy atom. The van der Waals surface area contributed by atoms with Crippen molar-refractivity contribution in [1.82, 2.24) is 4.98 Å². The highest BCUT2D eigenvalue weighted by atomic mass is 19.1. The van der Waals surface area contributed by atoms with Gasteiger partial charge in [0.1, 0.15) is 11.6 Å². The van der Waals surface area contributed by atoms with Crippen molar-refractivity contribution in [3.05, 3.63) is 89.8 Å². The van der Waals surface area contributed by atoms with Gasteiger partial charge < -0.3 is 10.1 Å². The van der Waals surface area contributed by atoms with Gasteiger partial charge in [-0.15, -0.1) is 0 Å². The highest BCUT2D eigenvalue weighted by Gasteiger charge is 2.06. The van der Waals surface area contributed by atoms with E-state index in [1.54, 1.807) is 37.4 Å². The number of carbonyl (C=O) groups is 1. The number of aryl methyl sites for hydroxylation is 1. The Balaban J connectivity index is 1.67. The molecule has 0 spiro atoms. The van der Waals surface area contributed by atoms with Crippen LogP contribution < -0.4 is 10.1 Å². The fourth-order valence-corrected chi connectivity index (χ4v) is 2.31. The molecule has 0 saturated heterocycles. The van der Waals surface area contributed by atoms with Crippen molar-refractivity contribution in [2.45, 2.75) is 6.92 Å². The molecule has 6 heteroatoms. The zero-order chi connectivity index (χ0) is 19.2. The van der Waals surface area contributed by atoms with Gasteiger partial charge in [0.15, 0.2) is 11.6 Å². The fraction of sp³-hybridized carbons (Fsp3) is 0.0476. The van der Waals surface area contributed by atoms with Crippen LogP contribution in [0.25, 0.3) is 6.08 Å². The fourth-order valence-electron chi connectivity index (χ4n) is 2.31. The molecule has 0 saturated carbocycles. The monoisotopic (exact) mass is 366 g/mol. The van der Waals surface area contributed by atoms with E-state index in [9.17, 15) is 13.6 Å². The van der Waals surface area contributed by atoms with Gasteiger partial charge in [-0.25, -0.2) is 8.78 Å². The minimum Gasteiger partial charge on any atom is -0.453 e. The third-order valence-electron chi connectivity index (χ3n) is 3.70. The lowest BCUT2D eigenvalue weighted by molar-refractivity contribution is -0.111. The first kappa shape index (κ1) is 18.3. The van der Waals surface area contributed by atoms with E-state index in [0.717, 1.165) is 5.56 Å². The second kappa shape index (κ2) is 8.23. The van der Waals surface area contributed by atoms with E-state index in [0.29, 0.717) is 17.0 Å². The summed E-state index contributed by atoms with van der Waals surface area (Å²) in [6.07, 6.45) is 5.78. The molecule has 136 valence electrons. The highest BCUT2D eigenvalue weighted by molar-refractivity contribution is 6.02. The van der Waals surface area contributed by atoms with Gasteiger partial charge in [-0.1, -0.05) is 12.1 Å². The van der Waals surface area contributed by atoms with Crippen molar-refractivity contribution in [3.8, 4) is 11.5 Å². The molecule has 0 aliphatic heterocycles. The summed E-state index contributed by atoms with van der Waals surface area (Å²) >= 11 is 0. The number of hydrogen-bond acceptors (Lipinski definition) is 3. The Bertz CT molecular complexity index is 989. The number of aromatic nitrogens is 1. The molecule has 0 bridgehead atoms. The number of carbonyl (C=O) groups excluding carboxylic acids is 1. The summed E-state index contributed by atoms with van der Waals surface area (Å²) in [7, 11) is 0. The lowest BCUT2D eigenvalue weighted by atomic mass is 10.2. The van der Waals surface area contributed by atoms with Crippen molar-refractivity contribution < 1.29 is 18.3 Å². The Labute approximate surface area is 155 Å². The number of amides is 1. The smallest absolute Gasteiger partial charge is 0.248 e. The average molecular weight is 366 g/mol. The van der Waals surface area contributed by atoms with Gasteiger partial charge in [-0.05, 0) is 60.5 Å². The Morgan fingerprint density at radius 3 is 2.74 bits per heavy atom. The number of halogens is 2. The minimum atomic E-state index is -0.567. The summed E-state index contributed by atoms with van der Waals surface area (Å²) in [6, 6.07) is 11.8. The number of nitrogens with one attached hydrogen (secondary N) is 1. The number of nitrogens with zero attached hydrogens (tertiary/aromatic N) is 1. The Kier molecular flexibility index (Phi) is 5.56. The highest BCUT2D eigenvalue weighted by Crippen LogP contribution is 2.25. The van der Waals surface area contributed by atoms with E-state index in [1.165, 1.54) is 42.6 Å². The summed E-state index contributed by atoms with van der Waals surface area (Å²) < 4.78 is 32.9. The Morgan fingerprint density at radius 1 is 1.15 bits per heavy atom. The molecule has 1 amide bonds. The van der Waals surface area contributed by atoms with Crippen LogP contribution in [0.1, 0.15) is 11.1 Å². The van der Waals surface area contributed by atoms with Crippen LogP contribution in [0.2, 0.25) is 0 Å². The zero-order valence-electron chi connectivity index (χ0n) is 14.4. The molecular formula is C21H16F2N2O2. The summed E-state index contributed by atoms with van der Waals surface area (Å²) in [5.74, 6) is -0.974. The number of anilines is 1. The summed E-state index contributed by atoms with van der Waals surface area (Å²) in [4.78, 5) is 15.9. The SMILES string of the molecule is Cc1ccc(F)cc1NC(=O)/C=C/c1ccc(Oc2cccnc2)c(F)c1. The predicted molar refractivity (Wildman–Crippen MR) is 99.5 cm³/mol. The molecular weight excluding hydrogens is 350 g/mol. The largest absolute Gasteiger partial charge is 0.453 e. The average Bonchev–Trinajstić information content (AvgIpc) is 2.66. The summed E-state index contributed by atoms with van der Waals surface area (Å²) in [5.41, 5.74) is 1.61. The normalized spacial score (nSPS) is 10.8. The number of ether oxygens (including phenoxy) is 1. The molecule has 1 N–H and O–H groups in total. The molecule has 0 aliphatic carbocycles. The molecule has 1 heterocycles. The van der Waals surface area contributed by atoms with Gasteiger partial charge in [-0.3, -0.25) is 9.78 Å². The van der Waals surface area contributed by atoms with E-state index in [-0.39, 0.29) is 5.75 Å². The molecule has 3 rings (SSSR count). The van der Waals surface area contributed by atoms with Crippen LogP contribution in [-0.2, 0) is 4.79 Å². The molecule has 27 heavy (non-hydrogen) atoms. The van der Waals surface area contributed by atoms with E-state index in [4.69, 9.17) is 4.74 Å². The summed E-state index contributed by atoms with van der Waals surface area (Å²) in [6.45, 7) is 1.76. The maximum Gasteiger partial charge on any atom is 0.248 e. The van der Waals surface area contributed by atoms with E-state index >= 15 is 0 Å². The standard InChI is InChI=1S/C21H16F2N2O2/c1-14-4-7-16(22)12-19(14)25-21(26)9-6-15-5-8-20(18(23)11-15)27-17-3-2-10-24-13-17/h2-13H,1H3,(H,25,26)/b9-6+. The van der Waals surface area contributed by atoms with E-state index in [1.807, 2.05) is 0 Å². The van der Waals surface area contributed by atoms with E-state index in [2.05, 4.69) is 10.3 Å². The van der Waals surface area contributed by atoms with Gasteiger partial charge in [0, 0.05) is 18.0 Å². The second-order valence-corrected chi connectivity index (χ2v) is 5.76. The van der Waals surface area contributed by atoms with Gasteiger partial charge >= 0.3 is 0 Å². The second-order valence-electron chi connectivity index (χ2n) is 5.76. The van der Waals surface area contributed by atoms with Crippen molar-refractivity contribution in [1.29, 1.82) is 0 Å². The zero-order valence-corrected chi connectivity index (χ0v) is 14.4. The molecule has 3 aromatic rings. The molecule has 0 unspecified atom stereocenters. The van der Waals surface area contributed by atoms with Crippen LogP contribution in [0.4, 0.5) is 14.5 Å². The molecule has 2 aromatic carbocycles. The lowest BCUT2D eigenvalue weighted by Crippen LogP contribution is -2.09.